The van der Waals surface area contributed by atoms with E-state index < -0.39 is 0 Å². The van der Waals surface area contributed by atoms with Crippen molar-refractivity contribution in [2.45, 2.75) is 52.2 Å². The molecule has 0 aliphatic heterocycles. The molecule has 2 aromatic carbocycles. The van der Waals surface area contributed by atoms with Gasteiger partial charge in [-0.2, -0.15) is 5.10 Å². The van der Waals surface area contributed by atoms with Gasteiger partial charge in [-0.15, -0.1) is 0 Å². The van der Waals surface area contributed by atoms with Gasteiger partial charge in [0, 0.05) is 25.7 Å². The van der Waals surface area contributed by atoms with Crippen LogP contribution in [0.2, 0.25) is 0 Å². The number of unbranched alkanes of at least 4 members (excludes halogenated alkanes) is 1. The summed E-state index contributed by atoms with van der Waals surface area (Å²) in [5, 5.41) is 15.3. The van der Waals surface area contributed by atoms with E-state index in [9.17, 15) is 9.50 Å². The van der Waals surface area contributed by atoms with Crippen LogP contribution in [-0.4, -0.2) is 39.0 Å². The Morgan fingerprint density at radius 2 is 1.78 bits per heavy atom. The molecule has 6 heteroatoms. The van der Waals surface area contributed by atoms with E-state index >= 15 is 0 Å². The fourth-order valence-corrected chi connectivity index (χ4v) is 3.87. The maximum absolute atomic E-state index is 13.4. The lowest BCUT2D eigenvalue weighted by Gasteiger charge is -2.25. The maximum Gasteiger partial charge on any atom is 0.222 e. The van der Waals surface area contributed by atoms with Gasteiger partial charge in [0.2, 0.25) is 5.88 Å². The molecule has 3 aromatic rings. The number of hydrogen-bond donors (Lipinski definition) is 1. The number of aliphatic hydroxyl groups excluding tert-OH is 1. The number of rotatable bonds is 12. The first-order valence-electron chi connectivity index (χ1n) is 11.5. The van der Waals surface area contributed by atoms with Crippen LogP contribution in [0, 0.1) is 5.82 Å². The molecule has 32 heavy (non-hydrogen) atoms. The molecule has 1 aromatic heterocycles. The maximum atomic E-state index is 13.4. The zero-order chi connectivity index (χ0) is 22.9. The zero-order valence-electron chi connectivity index (χ0n) is 19.3. The van der Waals surface area contributed by atoms with E-state index in [1.54, 1.807) is 16.8 Å². The van der Waals surface area contributed by atoms with E-state index in [0.717, 1.165) is 49.0 Å². The Hall–Kier alpha value is -2.70. The van der Waals surface area contributed by atoms with E-state index in [1.807, 2.05) is 37.4 Å². The van der Waals surface area contributed by atoms with E-state index in [4.69, 9.17) is 9.84 Å². The Morgan fingerprint density at radius 1 is 1.06 bits per heavy atom. The summed E-state index contributed by atoms with van der Waals surface area (Å²) in [6.07, 6.45) is 3.51. The molecule has 0 unspecified atom stereocenters. The summed E-state index contributed by atoms with van der Waals surface area (Å²) in [5.41, 5.74) is 2.82. The summed E-state index contributed by atoms with van der Waals surface area (Å²) in [4.78, 5) is 2.27. The summed E-state index contributed by atoms with van der Waals surface area (Å²) in [6.45, 7) is 6.35. The van der Waals surface area contributed by atoms with Crippen LogP contribution in [0.25, 0.3) is 11.3 Å². The second-order valence-corrected chi connectivity index (χ2v) is 8.21. The van der Waals surface area contributed by atoms with Gasteiger partial charge in [0.25, 0.3) is 0 Å². The number of aliphatic hydroxyl groups is 1. The number of halogens is 1. The molecule has 0 saturated heterocycles. The van der Waals surface area contributed by atoms with Gasteiger partial charge < -0.3 is 9.84 Å². The Morgan fingerprint density at radius 3 is 2.44 bits per heavy atom. The van der Waals surface area contributed by atoms with Crippen LogP contribution in [0.5, 0.6) is 11.6 Å². The summed E-state index contributed by atoms with van der Waals surface area (Å²) in [5.74, 6) is 0.877. The Balaban J connectivity index is 1.95. The molecule has 0 aliphatic rings. The summed E-state index contributed by atoms with van der Waals surface area (Å²) in [6, 6.07) is 16.0. The Labute approximate surface area is 190 Å². The second-order valence-electron chi connectivity index (χ2n) is 8.21. The molecule has 3 rings (SSSR count). The Kier molecular flexibility index (Phi) is 8.82. The highest BCUT2D eigenvalue weighted by Gasteiger charge is 2.23. The van der Waals surface area contributed by atoms with Gasteiger partial charge in [-0.05, 0) is 43.7 Å². The minimum absolute atomic E-state index is 0.303. The fourth-order valence-electron chi connectivity index (χ4n) is 3.87. The van der Waals surface area contributed by atoms with Gasteiger partial charge in [-0.3, -0.25) is 4.90 Å². The Bertz CT molecular complexity index is 957. The van der Waals surface area contributed by atoms with Crippen molar-refractivity contribution >= 4 is 0 Å². The van der Waals surface area contributed by atoms with Gasteiger partial charge >= 0.3 is 0 Å². The first-order chi connectivity index (χ1) is 15.5. The molecule has 5 nitrogen and oxygen atoms in total. The van der Waals surface area contributed by atoms with Gasteiger partial charge in [0.05, 0.1) is 11.7 Å². The van der Waals surface area contributed by atoms with Crippen LogP contribution < -0.4 is 4.74 Å². The van der Waals surface area contributed by atoms with Crippen LogP contribution in [0.4, 0.5) is 4.39 Å². The second kappa shape index (κ2) is 11.8. The van der Waals surface area contributed by atoms with Crippen molar-refractivity contribution in [3.05, 3.63) is 66.0 Å². The molecule has 1 atom stereocenters. The molecule has 1 N–H and O–H groups in total. The monoisotopic (exact) mass is 439 g/mol. The summed E-state index contributed by atoms with van der Waals surface area (Å²) >= 11 is 0. The van der Waals surface area contributed by atoms with Crippen LogP contribution in [0.15, 0.2) is 54.6 Å². The van der Waals surface area contributed by atoms with Crippen LogP contribution in [0.1, 0.15) is 45.1 Å². The summed E-state index contributed by atoms with van der Waals surface area (Å²) in [7, 11) is 1.86. The molecular weight excluding hydrogens is 405 g/mol. The van der Waals surface area contributed by atoms with Crippen molar-refractivity contribution in [2.75, 3.05) is 13.1 Å². The molecule has 1 heterocycles. The number of aryl methyl sites for hydroxylation is 1. The molecule has 0 bridgehead atoms. The molecular formula is C26H34FN3O2. The largest absolute Gasteiger partial charge is 0.439 e. The topological polar surface area (TPSA) is 50.5 Å². The van der Waals surface area contributed by atoms with Gasteiger partial charge in [-0.1, -0.05) is 57.0 Å². The molecule has 0 amide bonds. The van der Waals surface area contributed by atoms with Crippen LogP contribution in [0.3, 0.4) is 0 Å². The number of nitrogens with zero attached hydrogens (tertiary/aromatic N) is 3. The normalized spacial score (nSPS) is 12.3. The van der Waals surface area contributed by atoms with E-state index in [0.29, 0.717) is 24.7 Å². The SMILES string of the molecule is CCCC[C@@H](O)CN(CCC)Cc1c(-c2ccccc2)nn(C)c1Oc1ccc(F)cc1. The lowest BCUT2D eigenvalue weighted by Crippen LogP contribution is -2.33. The van der Waals surface area contributed by atoms with E-state index in [1.165, 1.54) is 12.1 Å². The predicted molar refractivity (Wildman–Crippen MR) is 126 cm³/mol. The lowest BCUT2D eigenvalue weighted by molar-refractivity contribution is 0.0992. The average molecular weight is 440 g/mol. The van der Waals surface area contributed by atoms with Crippen molar-refractivity contribution in [1.29, 1.82) is 0 Å². The fraction of sp³-hybridized carbons (Fsp3) is 0.423. The molecule has 0 fully saturated rings. The number of benzene rings is 2. The quantitative estimate of drug-likeness (QED) is 0.389. The number of hydrogen-bond acceptors (Lipinski definition) is 4. The number of ether oxygens (including phenoxy) is 1. The zero-order valence-corrected chi connectivity index (χ0v) is 19.3. The van der Waals surface area contributed by atoms with Crippen molar-refractivity contribution in [3.63, 3.8) is 0 Å². The molecule has 0 spiro atoms. The molecule has 0 aliphatic carbocycles. The average Bonchev–Trinajstić information content (AvgIpc) is 3.09. The van der Waals surface area contributed by atoms with Crippen LogP contribution in [-0.2, 0) is 13.6 Å². The standard InChI is InChI=1S/C26H34FN3O2/c1-4-6-12-22(31)18-30(17-5-2)19-24-25(20-10-8-7-9-11-20)28-29(3)26(24)32-23-15-13-21(27)14-16-23/h7-11,13-16,22,31H,4-6,12,17-19H2,1-3H3/t22-/m1/s1. The van der Waals surface area contributed by atoms with Crippen molar-refractivity contribution < 1.29 is 14.2 Å². The van der Waals surface area contributed by atoms with Crippen LogP contribution >= 0.6 is 0 Å². The third-order valence-corrected chi connectivity index (χ3v) is 5.44. The van der Waals surface area contributed by atoms with Crippen molar-refractivity contribution in [2.24, 2.45) is 7.05 Å². The highest BCUT2D eigenvalue weighted by Crippen LogP contribution is 2.34. The molecule has 0 saturated carbocycles. The third-order valence-electron chi connectivity index (χ3n) is 5.44. The minimum atomic E-state index is -0.361. The van der Waals surface area contributed by atoms with E-state index in [2.05, 4.69) is 18.7 Å². The first-order valence-corrected chi connectivity index (χ1v) is 11.5. The smallest absolute Gasteiger partial charge is 0.222 e. The van der Waals surface area contributed by atoms with Gasteiger partial charge in [0.1, 0.15) is 17.3 Å². The molecule has 0 radical (unpaired) electrons. The first kappa shape index (κ1) is 24.0. The van der Waals surface area contributed by atoms with E-state index in [-0.39, 0.29) is 11.9 Å². The lowest BCUT2D eigenvalue weighted by atomic mass is 10.1. The van der Waals surface area contributed by atoms with Crippen molar-refractivity contribution in [3.8, 4) is 22.9 Å². The van der Waals surface area contributed by atoms with Gasteiger partial charge in [-0.25, -0.2) is 9.07 Å². The highest BCUT2D eigenvalue weighted by molar-refractivity contribution is 5.65. The predicted octanol–water partition coefficient (Wildman–Crippen LogP) is 5.78. The number of aromatic nitrogens is 2. The summed E-state index contributed by atoms with van der Waals surface area (Å²) < 4.78 is 21.3. The van der Waals surface area contributed by atoms with Gasteiger partial charge in [0.15, 0.2) is 0 Å². The molecule has 172 valence electrons. The van der Waals surface area contributed by atoms with Crippen molar-refractivity contribution in [1.82, 2.24) is 14.7 Å². The highest BCUT2D eigenvalue weighted by atomic mass is 19.1. The third kappa shape index (κ3) is 6.40. The minimum Gasteiger partial charge on any atom is -0.439 e.